The molecule has 1 aliphatic heterocycles. The maximum atomic E-state index is 12.9. The molecule has 0 radical (unpaired) electrons. The number of aromatic nitrogens is 6. The van der Waals surface area contributed by atoms with Crippen LogP contribution in [-0.4, -0.2) is 53.2 Å². The smallest absolute Gasteiger partial charge is 0.355 e. The lowest BCUT2D eigenvalue weighted by Crippen LogP contribution is -2.29. The van der Waals surface area contributed by atoms with Gasteiger partial charge in [-0.2, -0.15) is 9.97 Å². The Hall–Kier alpha value is -3.93. The van der Waals surface area contributed by atoms with Crippen molar-refractivity contribution in [3.8, 4) is 5.69 Å². The summed E-state index contributed by atoms with van der Waals surface area (Å²) in [6.45, 7) is 3.66. The summed E-state index contributed by atoms with van der Waals surface area (Å²) >= 11 is 12.6. The number of hydrogen-bond acceptors (Lipinski definition) is 8. The molecule has 5 aromatic rings. The van der Waals surface area contributed by atoms with Gasteiger partial charge in [0, 0.05) is 32.0 Å². The number of nitrogens with one attached hydrogen (secondary N) is 1. The number of fused-ring (bicyclic) bond motifs is 2. The van der Waals surface area contributed by atoms with Crippen LogP contribution in [0, 0.1) is 0 Å². The maximum absolute atomic E-state index is 12.9. The maximum Gasteiger partial charge on any atom is 0.355 e. The number of benzene rings is 2. The number of para-hydroxylation sites is 1. The average molecular weight is 566 g/mol. The summed E-state index contributed by atoms with van der Waals surface area (Å²) in [7, 11) is 1.76. The Kier molecular flexibility index (Phi) is 6.49. The minimum absolute atomic E-state index is 0.0575. The standard InChI is InChI=1S/C26H25Cl2N9O2/c1-34-20-13-15(7-8-19(20)36(26(34)39)12-11-35-9-2-3-10-35)31-24-30-14-16-22(29)37(25(38)33-23(16)32-24)21-17(27)5-4-6-18(21)28/h4-8,13-14H,2-3,9-12,29H2,1H3,(H,31,32,33,38). The van der Waals surface area contributed by atoms with Crippen molar-refractivity contribution in [3.05, 3.63) is 73.6 Å². The Morgan fingerprint density at radius 2 is 1.74 bits per heavy atom. The van der Waals surface area contributed by atoms with Gasteiger partial charge >= 0.3 is 11.4 Å². The summed E-state index contributed by atoms with van der Waals surface area (Å²) < 4.78 is 4.59. The molecule has 0 spiro atoms. The van der Waals surface area contributed by atoms with E-state index in [9.17, 15) is 9.59 Å². The van der Waals surface area contributed by atoms with Gasteiger partial charge in [0.2, 0.25) is 5.95 Å². The number of imidazole rings is 1. The summed E-state index contributed by atoms with van der Waals surface area (Å²) in [4.78, 5) is 41.1. The number of hydrogen-bond donors (Lipinski definition) is 2. The van der Waals surface area contributed by atoms with E-state index in [0.717, 1.165) is 35.2 Å². The predicted octanol–water partition coefficient (Wildman–Crippen LogP) is 3.56. The topological polar surface area (TPSA) is 129 Å². The van der Waals surface area contributed by atoms with E-state index in [-0.39, 0.29) is 38.8 Å². The Balaban J connectivity index is 1.32. The molecular weight excluding hydrogens is 541 g/mol. The largest absolute Gasteiger partial charge is 0.384 e. The fourth-order valence-corrected chi connectivity index (χ4v) is 5.63. The second kappa shape index (κ2) is 9.99. The highest BCUT2D eigenvalue weighted by atomic mass is 35.5. The normalized spacial score (nSPS) is 14.0. The van der Waals surface area contributed by atoms with Gasteiger partial charge in [0.25, 0.3) is 0 Å². The summed E-state index contributed by atoms with van der Waals surface area (Å²) in [6.07, 6.45) is 3.91. The first-order valence-corrected chi connectivity index (χ1v) is 13.3. The molecule has 3 aromatic heterocycles. The van der Waals surface area contributed by atoms with Gasteiger partial charge in [-0.15, -0.1) is 0 Å². The van der Waals surface area contributed by atoms with E-state index >= 15 is 0 Å². The van der Waals surface area contributed by atoms with E-state index < -0.39 is 5.69 Å². The minimum Gasteiger partial charge on any atom is -0.384 e. The van der Waals surface area contributed by atoms with Crippen LogP contribution in [-0.2, 0) is 13.6 Å². The van der Waals surface area contributed by atoms with Crippen molar-refractivity contribution in [1.29, 1.82) is 0 Å². The van der Waals surface area contributed by atoms with E-state index in [1.807, 2.05) is 22.8 Å². The molecule has 4 heterocycles. The van der Waals surface area contributed by atoms with Crippen molar-refractivity contribution < 1.29 is 0 Å². The van der Waals surface area contributed by atoms with E-state index in [0.29, 0.717) is 17.6 Å². The third-order valence-electron chi connectivity index (χ3n) is 7.08. The van der Waals surface area contributed by atoms with Crippen LogP contribution in [0.3, 0.4) is 0 Å². The molecule has 1 aliphatic rings. The third kappa shape index (κ3) is 4.52. The van der Waals surface area contributed by atoms with Crippen LogP contribution in [0.15, 0.2) is 52.2 Å². The molecule has 0 saturated carbocycles. The van der Waals surface area contributed by atoms with E-state index in [4.69, 9.17) is 28.9 Å². The van der Waals surface area contributed by atoms with Gasteiger partial charge in [-0.25, -0.2) is 19.1 Å². The first-order chi connectivity index (χ1) is 18.8. The lowest BCUT2D eigenvalue weighted by atomic mass is 10.2. The number of nitrogen functional groups attached to an aromatic ring is 1. The molecule has 2 aromatic carbocycles. The van der Waals surface area contributed by atoms with Crippen LogP contribution in [0.25, 0.3) is 27.8 Å². The molecule has 6 rings (SSSR count). The summed E-state index contributed by atoms with van der Waals surface area (Å²) in [5.41, 5.74) is 8.28. The van der Waals surface area contributed by atoms with Crippen LogP contribution >= 0.6 is 23.2 Å². The number of nitrogens with zero attached hydrogens (tertiary/aromatic N) is 7. The molecule has 1 fully saturated rings. The molecule has 3 N–H and O–H groups in total. The van der Waals surface area contributed by atoms with E-state index in [1.165, 1.54) is 19.0 Å². The minimum atomic E-state index is -0.675. The molecule has 0 amide bonds. The Bertz CT molecular complexity index is 1830. The Labute approximate surface area is 232 Å². The van der Waals surface area contributed by atoms with Gasteiger partial charge in [0.1, 0.15) is 5.82 Å². The fourth-order valence-electron chi connectivity index (χ4n) is 5.06. The number of halogens is 2. The number of nitrogens with two attached hydrogens (primary N) is 1. The number of likely N-dealkylation sites (tertiary alicyclic amines) is 1. The molecule has 1 saturated heterocycles. The fraction of sp³-hybridized carbons (Fsp3) is 0.269. The molecule has 0 atom stereocenters. The zero-order valence-electron chi connectivity index (χ0n) is 21.1. The van der Waals surface area contributed by atoms with Gasteiger partial charge in [-0.3, -0.25) is 9.13 Å². The Morgan fingerprint density at radius 3 is 2.49 bits per heavy atom. The number of aryl methyl sites for hydroxylation is 1. The lowest BCUT2D eigenvalue weighted by molar-refractivity contribution is 0.322. The SMILES string of the molecule is Cn1c(=O)n(CCN2CCCC2)c2ccc(Nc3ncc4c(N)n(-c5c(Cl)cccc5Cl)c(=O)nc4n3)cc21. The second-order valence-electron chi connectivity index (χ2n) is 9.49. The summed E-state index contributed by atoms with van der Waals surface area (Å²) in [6, 6.07) is 10.5. The van der Waals surface area contributed by atoms with Crippen molar-refractivity contribution >= 4 is 62.7 Å². The lowest BCUT2D eigenvalue weighted by Gasteiger charge is -2.14. The third-order valence-corrected chi connectivity index (χ3v) is 7.69. The molecule has 11 nitrogen and oxygen atoms in total. The van der Waals surface area contributed by atoms with Gasteiger partial charge in [0.15, 0.2) is 5.65 Å². The molecule has 39 heavy (non-hydrogen) atoms. The van der Waals surface area contributed by atoms with Crippen molar-refractivity contribution in [2.24, 2.45) is 7.05 Å². The van der Waals surface area contributed by atoms with Gasteiger partial charge in [0.05, 0.1) is 32.2 Å². The predicted molar refractivity (Wildman–Crippen MR) is 153 cm³/mol. The zero-order chi connectivity index (χ0) is 27.3. The second-order valence-corrected chi connectivity index (χ2v) is 10.3. The highest BCUT2D eigenvalue weighted by molar-refractivity contribution is 6.37. The van der Waals surface area contributed by atoms with Crippen LogP contribution in [0.4, 0.5) is 17.5 Å². The van der Waals surface area contributed by atoms with E-state index in [2.05, 4.69) is 25.2 Å². The van der Waals surface area contributed by atoms with E-state index in [1.54, 1.807) is 29.8 Å². The van der Waals surface area contributed by atoms with Crippen LogP contribution in [0.2, 0.25) is 10.0 Å². The van der Waals surface area contributed by atoms with Crippen molar-refractivity contribution in [2.75, 3.05) is 30.7 Å². The van der Waals surface area contributed by atoms with Crippen LogP contribution < -0.4 is 22.4 Å². The quantitative estimate of drug-likeness (QED) is 0.319. The first-order valence-electron chi connectivity index (χ1n) is 12.5. The zero-order valence-corrected chi connectivity index (χ0v) is 22.6. The molecule has 13 heteroatoms. The summed E-state index contributed by atoms with van der Waals surface area (Å²) in [5.74, 6) is 0.290. The molecule has 0 unspecified atom stereocenters. The van der Waals surface area contributed by atoms with Crippen LogP contribution in [0.5, 0.6) is 0 Å². The molecular formula is C26H25Cl2N9O2. The average Bonchev–Trinajstić information content (AvgIpc) is 3.51. The number of anilines is 3. The van der Waals surface area contributed by atoms with Crippen molar-refractivity contribution in [3.63, 3.8) is 0 Å². The van der Waals surface area contributed by atoms with Gasteiger partial charge < -0.3 is 16.0 Å². The molecule has 0 aliphatic carbocycles. The summed E-state index contributed by atoms with van der Waals surface area (Å²) in [5, 5.41) is 4.01. The van der Waals surface area contributed by atoms with Crippen molar-refractivity contribution in [1.82, 2.24) is 33.6 Å². The van der Waals surface area contributed by atoms with Crippen molar-refractivity contribution in [2.45, 2.75) is 19.4 Å². The molecule has 0 bridgehead atoms. The van der Waals surface area contributed by atoms with Gasteiger partial charge in [-0.1, -0.05) is 29.3 Å². The number of rotatable bonds is 6. The van der Waals surface area contributed by atoms with Crippen LogP contribution in [0.1, 0.15) is 12.8 Å². The molecule has 200 valence electrons. The van der Waals surface area contributed by atoms with Gasteiger partial charge in [-0.05, 0) is 56.3 Å². The highest BCUT2D eigenvalue weighted by Gasteiger charge is 2.18. The monoisotopic (exact) mass is 565 g/mol. The highest BCUT2D eigenvalue weighted by Crippen LogP contribution is 2.30. The Morgan fingerprint density at radius 1 is 1.00 bits per heavy atom. The first kappa shape index (κ1) is 25.4.